The Morgan fingerprint density at radius 3 is 2.63 bits per heavy atom. The summed E-state index contributed by atoms with van der Waals surface area (Å²) in [5.74, 6) is 0.634. The number of hydrogen-bond donors (Lipinski definition) is 2. The molecule has 0 spiro atoms. The van der Waals surface area contributed by atoms with E-state index in [1.165, 1.54) is 0 Å². The van der Waals surface area contributed by atoms with Crippen molar-refractivity contribution < 1.29 is 14.3 Å². The van der Waals surface area contributed by atoms with Crippen LogP contribution in [0.2, 0.25) is 0 Å². The van der Waals surface area contributed by atoms with Crippen LogP contribution in [0.15, 0.2) is 42.5 Å². The number of rotatable bonds is 6. The Labute approximate surface area is 174 Å². The molecule has 0 bridgehead atoms. The highest BCUT2D eigenvalue weighted by Crippen LogP contribution is 2.30. The number of hydrogen-bond acceptors (Lipinski definition) is 6. The van der Waals surface area contributed by atoms with Gasteiger partial charge in [0.25, 0.3) is 5.91 Å². The van der Waals surface area contributed by atoms with E-state index in [-0.39, 0.29) is 18.0 Å². The molecule has 1 atom stereocenters. The van der Waals surface area contributed by atoms with Crippen LogP contribution >= 0.6 is 0 Å². The van der Waals surface area contributed by atoms with E-state index in [9.17, 15) is 4.79 Å². The van der Waals surface area contributed by atoms with Crippen molar-refractivity contribution in [1.82, 2.24) is 15.3 Å². The highest BCUT2D eigenvalue weighted by Gasteiger charge is 2.23. The van der Waals surface area contributed by atoms with Crippen molar-refractivity contribution in [3.63, 3.8) is 0 Å². The molecular formula is C23H24N4O3. The third-order valence-corrected chi connectivity index (χ3v) is 5.50. The van der Waals surface area contributed by atoms with E-state index in [1.54, 1.807) is 0 Å². The molecule has 2 heterocycles. The van der Waals surface area contributed by atoms with Gasteiger partial charge in [-0.25, -0.2) is 4.98 Å². The van der Waals surface area contributed by atoms with Crippen LogP contribution in [0.3, 0.4) is 0 Å². The zero-order valence-corrected chi connectivity index (χ0v) is 16.6. The van der Waals surface area contributed by atoms with Gasteiger partial charge in [-0.1, -0.05) is 18.2 Å². The molecule has 7 nitrogen and oxygen atoms in total. The fourth-order valence-corrected chi connectivity index (χ4v) is 3.67. The van der Waals surface area contributed by atoms with Crippen LogP contribution in [0.5, 0.6) is 5.88 Å². The van der Waals surface area contributed by atoms with Crippen LogP contribution in [-0.2, 0) is 4.74 Å². The molecule has 1 amide bonds. The van der Waals surface area contributed by atoms with E-state index >= 15 is 0 Å². The summed E-state index contributed by atoms with van der Waals surface area (Å²) >= 11 is 0. The molecule has 1 saturated carbocycles. The van der Waals surface area contributed by atoms with Gasteiger partial charge in [0.05, 0.1) is 17.0 Å². The molecule has 154 valence electrons. The number of nitrogens with zero attached hydrogens (tertiary/aromatic N) is 2. The molecule has 1 saturated heterocycles. The number of carbonyl (C=O) groups excluding carboxylic acids is 1. The summed E-state index contributed by atoms with van der Waals surface area (Å²) in [5.41, 5.74) is 9.26. The van der Waals surface area contributed by atoms with Gasteiger partial charge in [0, 0.05) is 18.2 Å². The molecule has 5 rings (SSSR count). The lowest BCUT2D eigenvalue weighted by atomic mass is 10.0. The van der Waals surface area contributed by atoms with Gasteiger partial charge in [-0.3, -0.25) is 4.79 Å². The number of amides is 1. The number of nitrogens with two attached hydrogens (primary N) is 1. The molecule has 2 fully saturated rings. The van der Waals surface area contributed by atoms with Crippen LogP contribution in [-0.4, -0.2) is 41.2 Å². The van der Waals surface area contributed by atoms with Crippen molar-refractivity contribution in [2.45, 2.75) is 37.8 Å². The van der Waals surface area contributed by atoms with Crippen molar-refractivity contribution in [3.05, 3.63) is 48.0 Å². The summed E-state index contributed by atoms with van der Waals surface area (Å²) in [5, 5.41) is 3.81. The van der Waals surface area contributed by atoms with Crippen LogP contribution in [0.1, 0.15) is 36.0 Å². The van der Waals surface area contributed by atoms with E-state index in [1.807, 2.05) is 42.5 Å². The molecular weight excluding hydrogens is 380 g/mol. The van der Waals surface area contributed by atoms with Crippen LogP contribution < -0.4 is 15.8 Å². The van der Waals surface area contributed by atoms with Crippen molar-refractivity contribution in [2.75, 3.05) is 18.9 Å². The minimum Gasteiger partial charge on any atom is -0.474 e. The number of fused-ring (bicyclic) bond motifs is 1. The highest BCUT2D eigenvalue weighted by molar-refractivity contribution is 5.95. The zero-order valence-electron chi connectivity index (χ0n) is 16.6. The number of aromatic nitrogens is 2. The molecule has 7 heteroatoms. The monoisotopic (exact) mass is 404 g/mol. The van der Waals surface area contributed by atoms with Crippen LogP contribution in [0.25, 0.3) is 22.0 Å². The van der Waals surface area contributed by atoms with Gasteiger partial charge in [-0.05, 0) is 61.1 Å². The van der Waals surface area contributed by atoms with Crippen LogP contribution in [0, 0.1) is 0 Å². The third kappa shape index (κ3) is 4.07. The summed E-state index contributed by atoms with van der Waals surface area (Å²) in [4.78, 5) is 20.8. The fraction of sp³-hybridized carbons (Fsp3) is 0.348. The maximum Gasteiger partial charge on any atom is 0.251 e. The predicted octanol–water partition coefficient (Wildman–Crippen LogP) is 3.33. The second kappa shape index (κ2) is 7.91. The second-order valence-electron chi connectivity index (χ2n) is 7.89. The smallest absolute Gasteiger partial charge is 0.251 e. The number of benzene rings is 2. The lowest BCUT2D eigenvalue weighted by Gasteiger charge is -2.13. The summed E-state index contributed by atoms with van der Waals surface area (Å²) in [6.45, 7) is 1.22. The summed E-state index contributed by atoms with van der Waals surface area (Å²) in [7, 11) is 0. The molecule has 1 aromatic heterocycles. The topological polar surface area (TPSA) is 99.4 Å². The van der Waals surface area contributed by atoms with E-state index in [0.717, 1.165) is 54.3 Å². The quantitative estimate of drug-likeness (QED) is 0.654. The Morgan fingerprint density at radius 2 is 1.90 bits per heavy atom. The largest absolute Gasteiger partial charge is 0.474 e. The first kappa shape index (κ1) is 18.8. The van der Waals surface area contributed by atoms with Gasteiger partial charge in [-0.2, -0.15) is 4.98 Å². The molecule has 1 aliphatic heterocycles. The Hall–Kier alpha value is -3.19. The highest BCUT2D eigenvalue weighted by atomic mass is 16.5. The Balaban J connectivity index is 1.40. The first-order chi connectivity index (χ1) is 14.7. The minimum atomic E-state index is -0.0174. The molecule has 0 radical (unpaired) electrons. The molecule has 0 unspecified atom stereocenters. The minimum absolute atomic E-state index is 0.0174. The van der Waals surface area contributed by atoms with Crippen molar-refractivity contribution in [2.24, 2.45) is 0 Å². The first-order valence-electron chi connectivity index (χ1n) is 10.4. The van der Waals surface area contributed by atoms with Gasteiger partial charge in [-0.15, -0.1) is 0 Å². The first-order valence-corrected chi connectivity index (χ1v) is 10.4. The number of anilines is 1. The lowest BCUT2D eigenvalue weighted by Crippen LogP contribution is -2.25. The third-order valence-electron chi connectivity index (χ3n) is 5.50. The number of nitrogen functional groups attached to an aromatic ring is 1. The van der Waals surface area contributed by atoms with E-state index in [4.69, 9.17) is 15.2 Å². The Bertz CT molecular complexity index is 1070. The normalized spacial score (nSPS) is 18.5. The predicted molar refractivity (Wildman–Crippen MR) is 114 cm³/mol. The average molecular weight is 404 g/mol. The van der Waals surface area contributed by atoms with Gasteiger partial charge < -0.3 is 20.5 Å². The average Bonchev–Trinajstić information content (AvgIpc) is 3.42. The summed E-state index contributed by atoms with van der Waals surface area (Å²) in [6.07, 6.45) is 4.29. The molecule has 1 aliphatic carbocycles. The van der Waals surface area contributed by atoms with Crippen molar-refractivity contribution in [1.29, 1.82) is 0 Å². The summed E-state index contributed by atoms with van der Waals surface area (Å²) < 4.78 is 11.6. The molecule has 3 N–H and O–H groups in total. The molecule has 2 aromatic carbocycles. The van der Waals surface area contributed by atoms with E-state index in [0.29, 0.717) is 24.1 Å². The van der Waals surface area contributed by atoms with Gasteiger partial charge in [0.15, 0.2) is 0 Å². The number of ether oxygens (including phenoxy) is 2. The van der Waals surface area contributed by atoms with E-state index < -0.39 is 0 Å². The van der Waals surface area contributed by atoms with Crippen molar-refractivity contribution >= 4 is 22.8 Å². The number of nitrogens with one attached hydrogen (secondary N) is 1. The molecule has 30 heavy (non-hydrogen) atoms. The standard InChI is InChI=1S/C23H24N4O3/c24-23-26-20-10-7-16(12-19(20)22(27-23)30-13-18-2-1-11-29-18)14-3-5-15(6-4-14)21(28)25-17-8-9-17/h3-7,10,12,17-18H,1-2,8-9,11,13H2,(H,25,28)(H2,24,26,27)/t18-/m0/s1. The number of carbonyl (C=O) groups is 1. The second-order valence-corrected chi connectivity index (χ2v) is 7.89. The van der Waals surface area contributed by atoms with Gasteiger partial charge in [0.1, 0.15) is 6.61 Å². The van der Waals surface area contributed by atoms with E-state index in [2.05, 4.69) is 15.3 Å². The Kier molecular flexibility index (Phi) is 4.96. The lowest BCUT2D eigenvalue weighted by molar-refractivity contribution is 0.0669. The van der Waals surface area contributed by atoms with Gasteiger partial charge >= 0.3 is 0 Å². The maximum atomic E-state index is 12.2. The van der Waals surface area contributed by atoms with Gasteiger partial charge in [0.2, 0.25) is 11.8 Å². The van der Waals surface area contributed by atoms with Crippen molar-refractivity contribution in [3.8, 4) is 17.0 Å². The maximum absolute atomic E-state index is 12.2. The molecule has 3 aromatic rings. The summed E-state index contributed by atoms with van der Waals surface area (Å²) in [6, 6.07) is 13.9. The Morgan fingerprint density at radius 1 is 1.10 bits per heavy atom. The zero-order chi connectivity index (χ0) is 20.5. The SMILES string of the molecule is Nc1nc(OC[C@@H]2CCCO2)c2cc(-c3ccc(C(=O)NC4CC4)cc3)ccc2n1. The fourth-order valence-electron chi connectivity index (χ4n) is 3.67. The van der Waals surface area contributed by atoms with Crippen LogP contribution in [0.4, 0.5) is 5.95 Å². The molecule has 2 aliphatic rings.